The van der Waals surface area contributed by atoms with Crippen molar-refractivity contribution in [3.05, 3.63) is 0 Å². The molecule has 0 rings (SSSR count). The Morgan fingerprint density at radius 1 is 1.80 bits per heavy atom. The van der Waals surface area contributed by atoms with E-state index in [0.29, 0.717) is 0 Å². The molecule has 0 radical (unpaired) electrons. The van der Waals surface area contributed by atoms with Gasteiger partial charge >= 0.3 is 82.7 Å². The second-order valence-electron chi connectivity index (χ2n) is 1.73. The van der Waals surface area contributed by atoms with Crippen LogP contribution < -0.4 is 0 Å². The second kappa shape index (κ2) is 6.16. The van der Waals surface area contributed by atoms with Crippen molar-refractivity contribution in [3.63, 3.8) is 0 Å². The molecule has 0 aromatic heterocycles. The number of rotatable bonds is 5. The Bertz CT molecular complexity index is 132. The van der Waals surface area contributed by atoms with Crippen LogP contribution in [0.4, 0.5) is 0 Å². The molecule has 1 N–H and O–H groups in total. The fourth-order valence-electron chi connectivity index (χ4n) is 0.346. The van der Waals surface area contributed by atoms with Gasteiger partial charge in [-0.2, -0.15) is 0 Å². The van der Waals surface area contributed by atoms with Crippen molar-refractivity contribution < 1.29 is 28.3 Å². The first-order valence-corrected chi connectivity index (χ1v) is 7.99. The molecule has 10 heavy (non-hydrogen) atoms. The van der Waals surface area contributed by atoms with Crippen LogP contribution in [-0.2, 0) is 35.2 Å². The van der Waals surface area contributed by atoms with Crippen molar-refractivity contribution in [3.8, 4) is 0 Å². The third-order valence-corrected chi connectivity index (χ3v) is 7.86. The van der Waals surface area contributed by atoms with E-state index >= 15 is 0 Å². The normalized spacial score (nSPS) is 16.6. The molecule has 0 spiro atoms. The van der Waals surface area contributed by atoms with Gasteiger partial charge in [-0.3, -0.25) is 0 Å². The minimum absolute atomic E-state index is 0.903. The van der Waals surface area contributed by atoms with Crippen LogP contribution in [0.2, 0.25) is 0 Å². The van der Waals surface area contributed by atoms with Gasteiger partial charge in [0.2, 0.25) is 0 Å². The fraction of sp³-hybridized carbons (Fsp3) is 1.00. The van der Waals surface area contributed by atoms with E-state index in [-0.39, 0.29) is 0 Å². The van der Waals surface area contributed by atoms with Crippen molar-refractivity contribution in [1.29, 1.82) is 0 Å². The average molecular weight is 281 g/mol. The Morgan fingerprint density at radius 3 is 2.80 bits per heavy atom. The molecule has 0 aromatic carbocycles. The summed E-state index contributed by atoms with van der Waals surface area (Å²) in [5.74, 6) is 0.903. The number of hydrogen-bond acceptors (Lipinski definition) is 3. The molecule has 0 aliphatic carbocycles. The second-order valence-corrected chi connectivity index (χ2v) is 9.02. The first kappa shape index (κ1) is 11.6. The van der Waals surface area contributed by atoms with Crippen LogP contribution in [0.25, 0.3) is 0 Å². The summed E-state index contributed by atoms with van der Waals surface area (Å²) in [6, 6.07) is 0. The third kappa shape index (κ3) is 6.33. The minimum atomic E-state index is -2.45. The Morgan fingerprint density at radius 2 is 2.40 bits per heavy atom. The quantitative estimate of drug-likeness (QED) is 0.475. The van der Waals surface area contributed by atoms with Gasteiger partial charge < -0.3 is 0 Å². The first-order valence-electron chi connectivity index (χ1n) is 2.91. The molecule has 61 valence electrons. The zero-order valence-corrected chi connectivity index (χ0v) is 10.2. The molecule has 0 saturated carbocycles. The SMILES string of the molecule is CCCCSP(O)(=S)[O][Mo]. The zero-order chi connectivity index (χ0) is 8.04. The van der Waals surface area contributed by atoms with E-state index in [9.17, 15) is 4.89 Å². The molecule has 0 fully saturated rings. The molecule has 2 nitrogen and oxygen atoms in total. The Kier molecular flexibility index (Phi) is 7.15. The van der Waals surface area contributed by atoms with Gasteiger partial charge in [-0.25, -0.2) is 0 Å². The van der Waals surface area contributed by atoms with Crippen LogP contribution >= 0.6 is 17.1 Å². The summed E-state index contributed by atoms with van der Waals surface area (Å²) >= 11 is 7.52. The van der Waals surface area contributed by atoms with Crippen LogP contribution in [0.1, 0.15) is 19.8 Å². The van der Waals surface area contributed by atoms with E-state index in [4.69, 9.17) is 15.0 Å². The summed E-state index contributed by atoms with van der Waals surface area (Å²) in [6.07, 6.45) is 2.22. The summed E-state index contributed by atoms with van der Waals surface area (Å²) < 4.78 is 4.74. The van der Waals surface area contributed by atoms with Gasteiger partial charge in [-0.05, 0) is 0 Å². The van der Waals surface area contributed by atoms with Gasteiger partial charge in [-0.15, -0.1) is 0 Å². The predicted octanol–water partition coefficient (Wildman–Crippen LogP) is 2.21. The van der Waals surface area contributed by atoms with Crippen molar-refractivity contribution in [2.75, 3.05) is 5.75 Å². The molecule has 1 atom stereocenters. The van der Waals surface area contributed by atoms with Crippen LogP contribution in [-0.4, -0.2) is 10.6 Å². The Hall–Kier alpha value is 1.61. The van der Waals surface area contributed by atoms with Gasteiger partial charge in [0.25, 0.3) is 0 Å². The van der Waals surface area contributed by atoms with Crippen molar-refractivity contribution in [2.24, 2.45) is 0 Å². The van der Waals surface area contributed by atoms with Crippen LogP contribution in [0, 0.1) is 0 Å². The third-order valence-electron chi connectivity index (χ3n) is 0.847. The number of hydrogen-bond donors (Lipinski definition) is 1. The van der Waals surface area contributed by atoms with Crippen LogP contribution in [0.5, 0.6) is 0 Å². The van der Waals surface area contributed by atoms with Crippen molar-refractivity contribution in [1.82, 2.24) is 0 Å². The van der Waals surface area contributed by atoms with Gasteiger partial charge in [0.1, 0.15) is 0 Å². The molecule has 1 unspecified atom stereocenters. The fourth-order valence-corrected chi connectivity index (χ4v) is 3.87. The molecule has 6 heteroatoms. The molecule has 0 aliphatic heterocycles. The topological polar surface area (TPSA) is 29.5 Å². The van der Waals surface area contributed by atoms with E-state index in [1.54, 1.807) is 0 Å². The molecular weight excluding hydrogens is 271 g/mol. The Balaban J connectivity index is 3.38. The maximum atomic E-state index is 9.22. The summed E-state index contributed by atoms with van der Waals surface area (Å²) in [4.78, 5) is 9.22. The Labute approximate surface area is 82.4 Å². The number of unbranched alkanes of at least 4 members (excludes halogenated alkanes) is 1. The molecule has 0 bridgehead atoms. The van der Waals surface area contributed by atoms with Crippen molar-refractivity contribution in [2.45, 2.75) is 19.8 Å². The van der Waals surface area contributed by atoms with Gasteiger partial charge in [-0.1, -0.05) is 0 Å². The zero-order valence-electron chi connectivity index (χ0n) is 5.65. The first-order chi connectivity index (χ1) is 4.62. The predicted molar refractivity (Wildman–Crippen MR) is 45.0 cm³/mol. The standard InChI is InChI=1S/C4H11O2PS2.Mo/c1-2-3-4-9-7(5,6)8;/h2-4H2,1H3,(H2,5,6,8);/q;+1/p-1. The molecule has 0 aromatic rings. The summed E-state index contributed by atoms with van der Waals surface area (Å²) in [7, 11) is 0. The maximum absolute atomic E-state index is 9.22. The van der Waals surface area contributed by atoms with Gasteiger partial charge in [0.15, 0.2) is 0 Å². The molecule has 0 heterocycles. The van der Waals surface area contributed by atoms with E-state index in [1.165, 1.54) is 31.6 Å². The van der Waals surface area contributed by atoms with E-state index in [0.717, 1.165) is 18.6 Å². The molecular formula is C4H10MoO2PS2. The monoisotopic (exact) mass is 283 g/mol. The summed E-state index contributed by atoms with van der Waals surface area (Å²) in [6.45, 7) is 2.11. The van der Waals surface area contributed by atoms with E-state index in [1.807, 2.05) is 0 Å². The molecule has 0 aliphatic rings. The summed E-state index contributed by atoms with van der Waals surface area (Å²) in [5.41, 5.74) is -2.45. The van der Waals surface area contributed by atoms with Crippen molar-refractivity contribution >= 4 is 28.9 Å². The molecule has 0 amide bonds. The van der Waals surface area contributed by atoms with Gasteiger partial charge in [0, 0.05) is 0 Å². The molecule has 0 saturated heterocycles. The summed E-state index contributed by atoms with van der Waals surface area (Å²) in [5, 5.41) is 0. The van der Waals surface area contributed by atoms with Crippen LogP contribution in [0.15, 0.2) is 0 Å². The van der Waals surface area contributed by atoms with E-state index in [2.05, 4.69) is 6.92 Å². The van der Waals surface area contributed by atoms with Crippen LogP contribution in [0.3, 0.4) is 0 Å². The van der Waals surface area contributed by atoms with Gasteiger partial charge in [0.05, 0.1) is 0 Å². The van der Waals surface area contributed by atoms with E-state index < -0.39 is 5.69 Å². The average Bonchev–Trinajstić information content (AvgIpc) is 1.89.